The second kappa shape index (κ2) is 6.19. The summed E-state index contributed by atoms with van der Waals surface area (Å²) < 4.78 is 5.33. The first-order valence-electron chi connectivity index (χ1n) is 7.46. The van der Waals surface area contributed by atoms with E-state index in [4.69, 9.17) is 10.5 Å². The third-order valence-electron chi connectivity index (χ3n) is 4.17. The molecule has 0 radical (unpaired) electrons. The molecule has 21 heavy (non-hydrogen) atoms. The van der Waals surface area contributed by atoms with Crippen LogP contribution in [0.4, 0.5) is 5.69 Å². The van der Waals surface area contributed by atoms with Gasteiger partial charge < -0.3 is 15.4 Å². The van der Waals surface area contributed by atoms with Gasteiger partial charge in [0, 0.05) is 36.8 Å². The first-order valence-corrected chi connectivity index (χ1v) is 7.46. The van der Waals surface area contributed by atoms with Crippen molar-refractivity contribution in [3.8, 4) is 5.75 Å². The molecule has 2 atom stereocenters. The van der Waals surface area contributed by atoms with Gasteiger partial charge in [-0.1, -0.05) is 36.4 Å². The summed E-state index contributed by atoms with van der Waals surface area (Å²) in [5, 5.41) is 0. The van der Waals surface area contributed by atoms with E-state index in [0.29, 0.717) is 5.92 Å². The van der Waals surface area contributed by atoms with Gasteiger partial charge in [-0.3, -0.25) is 0 Å². The number of hydrogen-bond acceptors (Lipinski definition) is 3. The summed E-state index contributed by atoms with van der Waals surface area (Å²) in [4.78, 5) is 2.37. The van der Waals surface area contributed by atoms with Crippen LogP contribution in [0.5, 0.6) is 5.75 Å². The predicted molar refractivity (Wildman–Crippen MR) is 87.0 cm³/mol. The summed E-state index contributed by atoms with van der Waals surface area (Å²) in [5.41, 5.74) is 8.85. The lowest BCUT2D eigenvalue weighted by Gasteiger charge is -2.38. The number of benzene rings is 2. The predicted octanol–water partition coefficient (Wildman–Crippen LogP) is 3.02. The second-order valence-electron chi connectivity index (χ2n) is 5.71. The highest BCUT2D eigenvalue weighted by atomic mass is 16.5. The minimum atomic E-state index is 0.204. The molecule has 0 bridgehead atoms. The molecule has 110 valence electrons. The smallest absolute Gasteiger partial charge is 0.120 e. The average molecular weight is 282 g/mol. The Morgan fingerprint density at radius 3 is 2.62 bits per heavy atom. The monoisotopic (exact) mass is 282 g/mol. The van der Waals surface area contributed by atoms with Crippen LogP contribution in [0.2, 0.25) is 0 Å². The van der Waals surface area contributed by atoms with Crippen molar-refractivity contribution in [1.82, 2.24) is 0 Å². The average Bonchev–Trinajstić information content (AvgIpc) is 2.55. The number of nitrogens with zero attached hydrogens (tertiary/aromatic N) is 1. The highest BCUT2D eigenvalue weighted by molar-refractivity contribution is 5.52. The lowest BCUT2D eigenvalue weighted by atomic mass is 9.88. The Balaban J connectivity index is 1.82. The van der Waals surface area contributed by atoms with Crippen LogP contribution in [0.15, 0.2) is 54.6 Å². The molecule has 2 unspecified atom stereocenters. The van der Waals surface area contributed by atoms with Gasteiger partial charge in [-0.25, -0.2) is 0 Å². The van der Waals surface area contributed by atoms with Gasteiger partial charge in [-0.05, 0) is 24.1 Å². The zero-order valence-corrected chi connectivity index (χ0v) is 12.4. The van der Waals surface area contributed by atoms with Crippen molar-refractivity contribution in [2.45, 2.75) is 18.4 Å². The van der Waals surface area contributed by atoms with E-state index in [0.717, 1.165) is 25.3 Å². The second-order valence-corrected chi connectivity index (χ2v) is 5.71. The van der Waals surface area contributed by atoms with Crippen LogP contribution < -0.4 is 15.4 Å². The minimum Gasteiger partial charge on any atom is -0.497 e. The number of ether oxygens (including phenoxy) is 1. The van der Waals surface area contributed by atoms with Crippen molar-refractivity contribution in [1.29, 1.82) is 0 Å². The highest BCUT2D eigenvalue weighted by Crippen LogP contribution is 2.30. The number of nitrogens with two attached hydrogens (primary N) is 1. The Morgan fingerprint density at radius 2 is 1.86 bits per heavy atom. The molecule has 3 heteroatoms. The third-order valence-corrected chi connectivity index (χ3v) is 4.17. The van der Waals surface area contributed by atoms with Gasteiger partial charge in [-0.2, -0.15) is 0 Å². The summed E-state index contributed by atoms with van der Waals surface area (Å²) in [5.74, 6) is 1.38. The molecule has 0 spiro atoms. The molecule has 2 aromatic carbocycles. The van der Waals surface area contributed by atoms with E-state index in [2.05, 4.69) is 47.4 Å². The fourth-order valence-electron chi connectivity index (χ4n) is 3.12. The van der Waals surface area contributed by atoms with Crippen molar-refractivity contribution >= 4 is 5.69 Å². The molecule has 0 aromatic heterocycles. The molecule has 3 rings (SSSR count). The topological polar surface area (TPSA) is 38.5 Å². The zero-order valence-electron chi connectivity index (χ0n) is 12.4. The molecule has 1 aliphatic heterocycles. The Hall–Kier alpha value is -2.00. The number of anilines is 1. The van der Waals surface area contributed by atoms with Crippen molar-refractivity contribution < 1.29 is 4.74 Å². The molecule has 0 saturated carbocycles. The van der Waals surface area contributed by atoms with Crippen molar-refractivity contribution in [2.75, 3.05) is 25.1 Å². The largest absolute Gasteiger partial charge is 0.497 e. The Kier molecular flexibility index (Phi) is 4.11. The van der Waals surface area contributed by atoms with E-state index < -0.39 is 0 Å². The van der Waals surface area contributed by atoms with Crippen LogP contribution in [0.3, 0.4) is 0 Å². The van der Waals surface area contributed by atoms with Gasteiger partial charge in [0.15, 0.2) is 0 Å². The number of piperidine rings is 1. The van der Waals surface area contributed by atoms with E-state index in [1.165, 1.54) is 11.3 Å². The summed E-state index contributed by atoms with van der Waals surface area (Å²) in [6.45, 7) is 1.90. The fraction of sp³-hybridized carbons (Fsp3) is 0.333. The van der Waals surface area contributed by atoms with E-state index in [1.54, 1.807) is 7.11 Å². The van der Waals surface area contributed by atoms with E-state index in [9.17, 15) is 0 Å². The number of hydrogen-bond donors (Lipinski definition) is 1. The van der Waals surface area contributed by atoms with Gasteiger partial charge in [0.1, 0.15) is 5.75 Å². The maximum Gasteiger partial charge on any atom is 0.120 e. The lowest BCUT2D eigenvalue weighted by Crippen LogP contribution is -2.46. The Bertz CT molecular complexity index is 585. The van der Waals surface area contributed by atoms with Crippen LogP contribution in [-0.2, 0) is 0 Å². The van der Waals surface area contributed by atoms with E-state index >= 15 is 0 Å². The zero-order chi connectivity index (χ0) is 14.7. The van der Waals surface area contributed by atoms with Crippen LogP contribution in [0.25, 0.3) is 0 Å². The number of methoxy groups -OCH3 is 1. The summed E-state index contributed by atoms with van der Waals surface area (Å²) in [6, 6.07) is 19.1. The van der Waals surface area contributed by atoms with Crippen molar-refractivity contribution in [3.05, 3.63) is 60.2 Å². The van der Waals surface area contributed by atoms with E-state index in [-0.39, 0.29) is 6.04 Å². The van der Waals surface area contributed by atoms with Crippen LogP contribution in [-0.4, -0.2) is 26.2 Å². The lowest BCUT2D eigenvalue weighted by molar-refractivity contribution is 0.413. The molecule has 3 nitrogen and oxygen atoms in total. The van der Waals surface area contributed by atoms with Gasteiger partial charge in [0.25, 0.3) is 0 Å². The van der Waals surface area contributed by atoms with Gasteiger partial charge in [-0.15, -0.1) is 0 Å². The molecule has 0 aliphatic carbocycles. The first kappa shape index (κ1) is 14.0. The molecular formula is C18H22N2O. The molecule has 1 heterocycles. The molecule has 1 fully saturated rings. The fourth-order valence-corrected chi connectivity index (χ4v) is 3.12. The normalized spacial score (nSPS) is 22.1. The van der Waals surface area contributed by atoms with Crippen LogP contribution >= 0.6 is 0 Å². The highest BCUT2D eigenvalue weighted by Gasteiger charge is 2.26. The summed E-state index contributed by atoms with van der Waals surface area (Å²) >= 11 is 0. The third kappa shape index (κ3) is 3.19. The van der Waals surface area contributed by atoms with Crippen molar-refractivity contribution in [3.63, 3.8) is 0 Å². The SMILES string of the molecule is COc1cccc(N2CC(N)CC(c3ccccc3)C2)c1. The standard InChI is InChI=1S/C18H22N2O/c1-21-18-9-5-8-17(11-18)20-12-15(10-16(19)13-20)14-6-3-2-4-7-14/h2-9,11,15-16H,10,12-13,19H2,1H3. The molecule has 1 saturated heterocycles. The Labute approximate surface area is 126 Å². The van der Waals surface area contributed by atoms with Gasteiger partial charge in [0.05, 0.1) is 7.11 Å². The Morgan fingerprint density at radius 1 is 1.05 bits per heavy atom. The molecule has 1 aliphatic rings. The molecule has 2 aromatic rings. The first-order chi connectivity index (χ1) is 10.3. The summed E-state index contributed by atoms with van der Waals surface area (Å²) in [6.07, 6.45) is 1.05. The molecule has 0 amide bonds. The quantitative estimate of drug-likeness (QED) is 0.940. The number of rotatable bonds is 3. The van der Waals surface area contributed by atoms with E-state index in [1.807, 2.05) is 12.1 Å². The van der Waals surface area contributed by atoms with Gasteiger partial charge >= 0.3 is 0 Å². The maximum absolute atomic E-state index is 6.29. The molecule has 2 N–H and O–H groups in total. The van der Waals surface area contributed by atoms with Crippen LogP contribution in [0, 0.1) is 0 Å². The summed E-state index contributed by atoms with van der Waals surface area (Å²) in [7, 11) is 1.70. The van der Waals surface area contributed by atoms with Crippen LogP contribution in [0.1, 0.15) is 17.9 Å². The molecular weight excluding hydrogens is 260 g/mol. The van der Waals surface area contributed by atoms with Gasteiger partial charge in [0.2, 0.25) is 0 Å². The van der Waals surface area contributed by atoms with Crippen molar-refractivity contribution in [2.24, 2.45) is 5.73 Å². The minimum absolute atomic E-state index is 0.204. The maximum atomic E-state index is 6.29.